The van der Waals surface area contributed by atoms with Gasteiger partial charge in [-0.15, -0.1) is 11.3 Å². The number of rotatable bonds is 4. The van der Waals surface area contributed by atoms with Crippen molar-refractivity contribution in [1.82, 2.24) is 0 Å². The molecule has 0 spiro atoms. The molecule has 0 aliphatic heterocycles. The molecule has 0 N–H and O–H groups in total. The highest BCUT2D eigenvalue weighted by Gasteiger charge is 2.18. The van der Waals surface area contributed by atoms with Crippen LogP contribution >= 0.6 is 30.5 Å². The minimum atomic E-state index is -3.17. The van der Waals surface area contributed by atoms with E-state index in [1.54, 1.807) is 0 Å². The molecule has 6 heteroatoms. The van der Waals surface area contributed by atoms with Gasteiger partial charge in [0.25, 0.3) is 0 Å². The summed E-state index contributed by atoms with van der Waals surface area (Å²) in [5.74, 6) is 1.31. The molecule has 0 aromatic carbocycles. The van der Waals surface area contributed by atoms with Crippen LogP contribution in [-0.2, 0) is 13.6 Å². The van der Waals surface area contributed by atoms with Gasteiger partial charge in [-0.25, -0.2) is 0 Å². The summed E-state index contributed by atoms with van der Waals surface area (Å²) in [7, 11) is -0.528. The second kappa shape index (κ2) is 5.10. The molecule has 78 valence electrons. The molecule has 0 bridgehead atoms. The molecule has 1 aromatic rings. The molecule has 0 saturated carbocycles. The first-order valence-electron chi connectivity index (χ1n) is 3.75. The molecule has 0 aliphatic rings. The van der Waals surface area contributed by atoms with Crippen molar-refractivity contribution < 1.29 is 13.6 Å². The summed E-state index contributed by atoms with van der Waals surface area (Å²) >= 11 is 7.39. The molecular weight excluding hydrogens is 243 g/mol. The van der Waals surface area contributed by atoms with Crippen LogP contribution in [0, 0.1) is 0 Å². The van der Waals surface area contributed by atoms with Crippen LogP contribution in [0.25, 0.3) is 5.03 Å². The van der Waals surface area contributed by atoms with Gasteiger partial charge >= 0.3 is 7.60 Å². The van der Waals surface area contributed by atoms with E-state index in [2.05, 4.69) is 0 Å². The van der Waals surface area contributed by atoms with Crippen molar-refractivity contribution in [2.24, 2.45) is 0 Å². The van der Waals surface area contributed by atoms with Crippen LogP contribution in [-0.4, -0.2) is 14.2 Å². The van der Waals surface area contributed by atoms with Crippen LogP contribution in [0.3, 0.4) is 0 Å². The molecule has 3 nitrogen and oxygen atoms in total. The van der Waals surface area contributed by atoms with Gasteiger partial charge in [-0.2, -0.15) is 0 Å². The Morgan fingerprint density at radius 2 is 2.21 bits per heavy atom. The van der Waals surface area contributed by atoms with Gasteiger partial charge in [-0.3, -0.25) is 4.57 Å². The molecule has 1 aromatic heterocycles. The predicted molar refractivity (Wildman–Crippen MR) is 59.8 cm³/mol. The standard InChI is InChI=1S/C8H10ClO3PS/c1-11-13(10,12-2)6-7(9)8-4-3-5-14-8/h3-6H,1-2H3/b7-6-. The van der Waals surface area contributed by atoms with Crippen molar-refractivity contribution in [1.29, 1.82) is 0 Å². The zero-order valence-electron chi connectivity index (χ0n) is 7.77. The highest BCUT2D eigenvalue weighted by atomic mass is 35.5. The fraction of sp³-hybridized carbons (Fsp3) is 0.250. The van der Waals surface area contributed by atoms with Crippen molar-refractivity contribution in [3.05, 3.63) is 28.2 Å². The summed E-state index contributed by atoms with van der Waals surface area (Å²) in [6.45, 7) is 0. The summed E-state index contributed by atoms with van der Waals surface area (Å²) in [6.07, 6.45) is 0. The maximum atomic E-state index is 11.7. The highest BCUT2D eigenvalue weighted by molar-refractivity contribution is 7.57. The monoisotopic (exact) mass is 252 g/mol. The van der Waals surface area contributed by atoms with E-state index in [0.29, 0.717) is 5.03 Å². The lowest BCUT2D eigenvalue weighted by Crippen LogP contribution is -1.84. The van der Waals surface area contributed by atoms with Gasteiger partial charge in [0, 0.05) is 24.9 Å². The Kier molecular flexibility index (Phi) is 4.35. The maximum absolute atomic E-state index is 11.7. The van der Waals surface area contributed by atoms with Crippen molar-refractivity contribution >= 4 is 35.6 Å². The number of halogens is 1. The third kappa shape index (κ3) is 2.94. The largest absolute Gasteiger partial charge is 0.355 e. The van der Waals surface area contributed by atoms with Gasteiger partial charge < -0.3 is 9.05 Å². The quantitative estimate of drug-likeness (QED) is 0.765. The van der Waals surface area contributed by atoms with Crippen LogP contribution in [0.5, 0.6) is 0 Å². The smallest absolute Gasteiger partial charge is 0.309 e. The van der Waals surface area contributed by atoms with Gasteiger partial charge in [-0.05, 0) is 11.4 Å². The van der Waals surface area contributed by atoms with E-state index < -0.39 is 7.60 Å². The Bertz CT molecular complexity index is 353. The van der Waals surface area contributed by atoms with E-state index in [9.17, 15) is 4.57 Å². The lowest BCUT2D eigenvalue weighted by molar-refractivity contribution is 0.286. The van der Waals surface area contributed by atoms with Crippen molar-refractivity contribution in [3.63, 3.8) is 0 Å². The molecule has 1 rings (SSSR count). The highest BCUT2D eigenvalue weighted by Crippen LogP contribution is 2.50. The third-order valence-electron chi connectivity index (χ3n) is 1.54. The van der Waals surface area contributed by atoms with Gasteiger partial charge in [0.2, 0.25) is 0 Å². The van der Waals surface area contributed by atoms with Crippen LogP contribution in [0.15, 0.2) is 23.3 Å². The molecular formula is C8H10ClO3PS. The first-order valence-corrected chi connectivity index (χ1v) is 6.61. The van der Waals surface area contributed by atoms with E-state index >= 15 is 0 Å². The Morgan fingerprint density at radius 1 is 1.57 bits per heavy atom. The SMILES string of the molecule is COP(=O)(/C=C(\Cl)c1cccs1)OC. The van der Waals surface area contributed by atoms with Crippen molar-refractivity contribution in [2.75, 3.05) is 14.2 Å². The molecule has 0 saturated heterocycles. The van der Waals surface area contributed by atoms with Crippen molar-refractivity contribution in [2.45, 2.75) is 0 Å². The van der Waals surface area contributed by atoms with E-state index in [-0.39, 0.29) is 0 Å². The molecule has 0 fully saturated rings. The van der Waals surface area contributed by atoms with Crippen LogP contribution in [0.4, 0.5) is 0 Å². The predicted octanol–water partition coefficient (Wildman–Crippen LogP) is 3.77. The normalized spacial score (nSPS) is 13.2. The average molecular weight is 253 g/mol. The minimum absolute atomic E-state index is 0.382. The first-order chi connectivity index (χ1) is 6.61. The molecule has 0 amide bonds. The topological polar surface area (TPSA) is 35.5 Å². The molecule has 0 atom stereocenters. The average Bonchev–Trinajstić information content (AvgIpc) is 2.70. The van der Waals surface area contributed by atoms with E-state index in [1.165, 1.54) is 31.4 Å². The van der Waals surface area contributed by atoms with E-state index in [4.69, 9.17) is 20.6 Å². The van der Waals surface area contributed by atoms with Crippen LogP contribution < -0.4 is 0 Å². The second-order valence-electron chi connectivity index (χ2n) is 2.36. The second-order valence-corrected chi connectivity index (χ2v) is 5.78. The summed E-state index contributed by atoms with van der Waals surface area (Å²) in [4.78, 5) is 0.834. The zero-order valence-corrected chi connectivity index (χ0v) is 10.2. The van der Waals surface area contributed by atoms with Gasteiger partial charge in [-0.1, -0.05) is 17.7 Å². The number of hydrogen-bond donors (Lipinski definition) is 0. The number of hydrogen-bond acceptors (Lipinski definition) is 4. The molecule has 0 radical (unpaired) electrons. The Labute approximate surface area is 91.8 Å². The molecule has 14 heavy (non-hydrogen) atoms. The van der Waals surface area contributed by atoms with Gasteiger partial charge in [0.1, 0.15) is 0 Å². The van der Waals surface area contributed by atoms with Gasteiger partial charge in [0.15, 0.2) is 0 Å². The van der Waals surface area contributed by atoms with Crippen LogP contribution in [0.2, 0.25) is 0 Å². The Morgan fingerprint density at radius 3 is 2.64 bits per heavy atom. The van der Waals surface area contributed by atoms with Crippen LogP contribution in [0.1, 0.15) is 4.88 Å². The third-order valence-corrected chi connectivity index (χ3v) is 4.61. The lowest BCUT2D eigenvalue weighted by atomic mass is 10.5. The van der Waals surface area contributed by atoms with E-state index in [0.717, 1.165) is 4.88 Å². The minimum Gasteiger partial charge on any atom is -0.309 e. The molecule has 1 heterocycles. The fourth-order valence-corrected chi connectivity index (χ4v) is 2.85. The van der Waals surface area contributed by atoms with Crippen molar-refractivity contribution in [3.8, 4) is 0 Å². The lowest BCUT2D eigenvalue weighted by Gasteiger charge is -2.08. The Balaban J connectivity index is 2.93. The summed E-state index contributed by atoms with van der Waals surface area (Å²) in [5, 5.41) is 2.27. The summed E-state index contributed by atoms with van der Waals surface area (Å²) < 4.78 is 21.1. The first kappa shape index (κ1) is 12.0. The molecule has 0 unspecified atom stereocenters. The van der Waals surface area contributed by atoms with Gasteiger partial charge in [0.05, 0.1) is 5.03 Å². The molecule has 0 aliphatic carbocycles. The summed E-state index contributed by atoms with van der Waals surface area (Å²) in [5.41, 5.74) is 0. The maximum Gasteiger partial charge on any atom is 0.355 e. The fourth-order valence-electron chi connectivity index (χ4n) is 0.797. The Hall–Kier alpha value is -0.120. The summed E-state index contributed by atoms with van der Waals surface area (Å²) in [6, 6.07) is 3.69. The number of thiophene rings is 1. The zero-order chi connectivity index (χ0) is 10.6. The van der Waals surface area contributed by atoms with E-state index in [1.807, 2.05) is 17.5 Å².